The van der Waals surface area contributed by atoms with Crippen molar-refractivity contribution >= 4 is 6.03 Å². The molecule has 16 heavy (non-hydrogen) atoms. The largest absolute Gasteiger partial charge is 0.336 e. The minimum atomic E-state index is 0.0876. The molecule has 0 aromatic carbocycles. The molecule has 4 heteroatoms. The summed E-state index contributed by atoms with van der Waals surface area (Å²) in [7, 11) is 0. The number of urea groups is 1. The molecule has 0 spiro atoms. The normalized spacial score (nSPS) is 20.9. The van der Waals surface area contributed by atoms with Crippen molar-refractivity contribution in [3.05, 3.63) is 0 Å². The standard InChI is InChI=1S/C12H25N3O/c1-5-14(6-2)11-7-8-15(9-11)12(16)13-10(3)4/h10-11H,5-9H2,1-4H3,(H,13,16). The van der Waals surface area contributed by atoms with Crippen LogP contribution >= 0.6 is 0 Å². The Bertz CT molecular complexity index is 226. The van der Waals surface area contributed by atoms with Crippen molar-refractivity contribution in [1.29, 1.82) is 0 Å². The van der Waals surface area contributed by atoms with Crippen LogP contribution in [0.3, 0.4) is 0 Å². The quantitative estimate of drug-likeness (QED) is 0.790. The summed E-state index contributed by atoms with van der Waals surface area (Å²) in [5.41, 5.74) is 0. The number of likely N-dealkylation sites (N-methyl/N-ethyl adjacent to an activating group) is 1. The molecule has 0 saturated carbocycles. The van der Waals surface area contributed by atoms with Crippen molar-refractivity contribution < 1.29 is 4.79 Å². The van der Waals surface area contributed by atoms with Crippen LogP contribution in [0.15, 0.2) is 0 Å². The van der Waals surface area contributed by atoms with Gasteiger partial charge in [-0.2, -0.15) is 0 Å². The number of nitrogens with zero attached hydrogens (tertiary/aromatic N) is 2. The third kappa shape index (κ3) is 3.37. The first kappa shape index (κ1) is 13.3. The van der Waals surface area contributed by atoms with Gasteiger partial charge >= 0.3 is 6.03 Å². The molecule has 0 aromatic rings. The van der Waals surface area contributed by atoms with E-state index in [9.17, 15) is 4.79 Å². The van der Waals surface area contributed by atoms with Crippen LogP contribution in [-0.4, -0.2) is 54.1 Å². The average Bonchev–Trinajstić information content (AvgIpc) is 2.68. The summed E-state index contributed by atoms with van der Waals surface area (Å²) < 4.78 is 0. The van der Waals surface area contributed by atoms with E-state index in [4.69, 9.17) is 0 Å². The van der Waals surface area contributed by atoms with Gasteiger partial charge < -0.3 is 10.2 Å². The van der Waals surface area contributed by atoms with E-state index >= 15 is 0 Å². The number of likely N-dealkylation sites (tertiary alicyclic amines) is 1. The smallest absolute Gasteiger partial charge is 0.317 e. The van der Waals surface area contributed by atoms with E-state index in [0.29, 0.717) is 6.04 Å². The second-order valence-corrected chi connectivity index (χ2v) is 4.71. The van der Waals surface area contributed by atoms with Crippen molar-refractivity contribution in [1.82, 2.24) is 15.1 Å². The van der Waals surface area contributed by atoms with Crippen molar-refractivity contribution in [3.8, 4) is 0 Å². The average molecular weight is 227 g/mol. The van der Waals surface area contributed by atoms with Crippen LogP contribution in [0.5, 0.6) is 0 Å². The Labute approximate surface area is 99.0 Å². The number of hydrogen-bond acceptors (Lipinski definition) is 2. The Morgan fingerprint density at radius 3 is 2.56 bits per heavy atom. The molecule has 1 aliphatic heterocycles. The number of amides is 2. The molecular weight excluding hydrogens is 202 g/mol. The number of carbonyl (C=O) groups excluding carboxylic acids is 1. The fourth-order valence-corrected chi connectivity index (χ4v) is 2.30. The predicted molar refractivity (Wildman–Crippen MR) is 66.6 cm³/mol. The molecule has 0 aromatic heterocycles. The third-order valence-electron chi connectivity index (χ3n) is 3.19. The van der Waals surface area contributed by atoms with Gasteiger partial charge in [0.15, 0.2) is 0 Å². The molecule has 0 bridgehead atoms. The minimum Gasteiger partial charge on any atom is -0.336 e. The van der Waals surface area contributed by atoms with Crippen LogP contribution in [0.25, 0.3) is 0 Å². The number of hydrogen-bond donors (Lipinski definition) is 1. The van der Waals surface area contributed by atoms with Gasteiger partial charge in [-0.05, 0) is 33.4 Å². The van der Waals surface area contributed by atoms with E-state index in [1.165, 1.54) is 0 Å². The zero-order valence-electron chi connectivity index (χ0n) is 11.0. The minimum absolute atomic E-state index is 0.0876. The van der Waals surface area contributed by atoms with Crippen LogP contribution < -0.4 is 5.32 Å². The molecule has 1 saturated heterocycles. The monoisotopic (exact) mass is 227 g/mol. The van der Waals surface area contributed by atoms with Crippen LogP contribution in [0, 0.1) is 0 Å². The Morgan fingerprint density at radius 2 is 2.06 bits per heavy atom. The van der Waals surface area contributed by atoms with Crippen molar-refractivity contribution in [2.24, 2.45) is 0 Å². The van der Waals surface area contributed by atoms with Gasteiger partial charge in [0.2, 0.25) is 0 Å². The van der Waals surface area contributed by atoms with Gasteiger partial charge in [0.25, 0.3) is 0 Å². The lowest BCUT2D eigenvalue weighted by Gasteiger charge is -2.26. The summed E-state index contributed by atoms with van der Waals surface area (Å²) in [4.78, 5) is 16.2. The van der Waals surface area contributed by atoms with Gasteiger partial charge in [-0.25, -0.2) is 4.79 Å². The van der Waals surface area contributed by atoms with E-state index in [1.54, 1.807) is 0 Å². The lowest BCUT2D eigenvalue weighted by Crippen LogP contribution is -2.44. The molecule has 1 rings (SSSR count). The Morgan fingerprint density at radius 1 is 1.44 bits per heavy atom. The highest BCUT2D eigenvalue weighted by molar-refractivity contribution is 5.74. The Kier molecular flexibility index (Phi) is 5.06. The maximum atomic E-state index is 11.8. The molecule has 1 fully saturated rings. The summed E-state index contributed by atoms with van der Waals surface area (Å²) in [5, 5.41) is 2.95. The molecule has 1 heterocycles. The number of nitrogens with one attached hydrogen (secondary N) is 1. The Balaban J connectivity index is 2.42. The van der Waals surface area contributed by atoms with Crippen molar-refractivity contribution in [3.63, 3.8) is 0 Å². The maximum Gasteiger partial charge on any atom is 0.317 e. The van der Waals surface area contributed by atoms with Gasteiger partial charge in [0.05, 0.1) is 0 Å². The molecule has 2 amide bonds. The molecule has 1 atom stereocenters. The zero-order chi connectivity index (χ0) is 12.1. The van der Waals surface area contributed by atoms with Gasteiger partial charge in [-0.15, -0.1) is 0 Å². The molecule has 0 radical (unpaired) electrons. The van der Waals surface area contributed by atoms with Gasteiger partial charge in [0.1, 0.15) is 0 Å². The van der Waals surface area contributed by atoms with E-state index in [2.05, 4.69) is 24.1 Å². The fraction of sp³-hybridized carbons (Fsp3) is 0.917. The number of carbonyl (C=O) groups is 1. The van der Waals surface area contributed by atoms with Crippen LogP contribution in [0.1, 0.15) is 34.1 Å². The lowest BCUT2D eigenvalue weighted by atomic mass is 10.2. The molecule has 1 unspecified atom stereocenters. The molecule has 1 aliphatic rings. The fourth-order valence-electron chi connectivity index (χ4n) is 2.30. The molecular formula is C12H25N3O. The summed E-state index contributed by atoms with van der Waals surface area (Å²) in [6.45, 7) is 12.3. The highest BCUT2D eigenvalue weighted by Gasteiger charge is 2.29. The van der Waals surface area contributed by atoms with Gasteiger partial charge in [0, 0.05) is 25.2 Å². The topological polar surface area (TPSA) is 35.6 Å². The highest BCUT2D eigenvalue weighted by atomic mass is 16.2. The summed E-state index contributed by atoms with van der Waals surface area (Å²) >= 11 is 0. The van der Waals surface area contributed by atoms with Crippen LogP contribution in [0.2, 0.25) is 0 Å². The first-order chi connectivity index (χ1) is 7.58. The second kappa shape index (κ2) is 6.09. The first-order valence-electron chi connectivity index (χ1n) is 6.37. The van der Waals surface area contributed by atoms with E-state index in [1.807, 2.05) is 18.7 Å². The molecule has 0 aliphatic carbocycles. The van der Waals surface area contributed by atoms with Gasteiger partial charge in [-0.3, -0.25) is 4.90 Å². The SMILES string of the molecule is CCN(CC)C1CCN(C(=O)NC(C)C)C1. The van der Waals surface area contributed by atoms with E-state index in [-0.39, 0.29) is 12.1 Å². The van der Waals surface area contributed by atoms with E-state index in [0.717, 1.165) is 32.6 Å². The molecule has 4 nitrogen and oxygen atoms in total. The summed E-state index contributed by atoms with van der Waals surface area (Å²) in [6, 6.07) is 0.859. The van der Waals surface area contributed by atoms with Crippen LogP contribution in [0.4, 0.5) is 4.79 Å². The lowest BCUT2D eigenvalue weighted by molar-refractivity contribution is 0.191. The maximum absolute atomic E-state index is 11.8. The zero-order valence-corrected chi connectivity index (χ0v) is 11.0. The van der Waals surface area contributed by atoms with Crippen molar-refractivity contribution in [2.45, 2.75) is 46.2 Å². The third-order valence-corrected chi connectivity index (χ3v) is 3.19. The summed E-state index contributed by atoms with van der Waals surface area (Å²) in [5.74, 6) is 0. The Hall–Kier alpha value is -0.770. The van der Waals surface area contributed by atoms with E-state index < -0.39 is 0 Å². The first-order valence-corrected chi connectivity index (χ1v) is 6.37. The van der Waals surface area contributed by atoms with Gasteiger partial charge in [-0.1, -0.05) is 13.8 Å². The second-order valence-electron chi connectivity index (χ2n) is 4.71. The molecule has 1 N–H and O–H groups in total. The highest BCUT2D eigenvalue weighted by Crippen LogP contribution is 2.15. The molecule has 94 valence electrons. The van der Waals surface area contributed by atoms with Crippen LogP contribution in [-0.2, 0) is 0 Å². The summed E-state index contributed by atoms with van der Waals surface area (Å²) in [6.07, 6.45) is 1.10. The van der Waals surface area contributed by atoms with Crippen molar-refractivity contribution in [2.75, 3.05) is 26.2 Å². The predicted octanol–water partition coefficient (Wildman–Crippen LogP) is 1.52. The number of rotatable bonds is 4.